The minimum absolute atomic E-state index is 0.112. The van der Waals surface area contributed by atoms with Gasteiger partial charge < -0.3 is 15.4 Å². The Morgan fingerprint density at radius 1 is 1.04 bits per heavy atom. The lowest BCUT2D eigenvalue weighted by molar-refractivity contribution is -0.119. The minimum atomic E-state index is -0.172. The van der Waals surface area contributed by atoms with Gasteiger partial charge in [0, 0.05) is 11.3 Å². The Kier molecular flexibility index (Phi) is 7.73. The fraction of sp³-hybridized carbons (Fsp3) is 0.333. The molecule has 2 amide bonds. The van der Waals surface area contributed by atoms with Crippen LogP contribution in [0.15, 0.2) is 42.5 Å². The molecule has 0 aliphatic carbocycles. The number of thioether (sulfide) groups is 1. The van der Waals surface area contributed by atoms with Crippen LogP contribution >= 0.6 is 11.8 Å². The van der Waals surface area contributed by atoms with E-state index in [9.17, 15) is 9.59 Å². The average molecular weight is 387 g/mol. The van der Waals surface area contributed by atoms with E-state index >= 15 is 0 Å². The van der Waals surface area contributed by atoms with Gasteiger partial charge in [-0.2, -0.15) is 0 Å². The standard InChI is InChI=1S/C21H26N2O3S/c1-14-6-5-7-17(10-14)23-21(25)13-27-12-20(24)22-16(3)18-11-15(2)8-9-19(18)26-4/h5-11,16H,12-13H2,1-4H3,(H,22,24)(H,23,25)/t16-/m0/s1. The maximum absolute atomic E-state index is 12.2. The van der Waals surface area contributed by atoms with Gasteiger partial charge in [-0.05, 0) is 44.5 Å². The molecular weight excluding hydrogens is 360 g/mol. The largest absolute Gasteiger partial charge is 0.496 e. The van der Waals surface area contributed by atoms with E-state index in [0.717, 1.165) is 28.1 Å². The number of ether oxygens (including phenoxy) is 1. The summed E-state index contributed by atoms with van der Waals surface area (Å²) < 4.78 is 5.37. The second-order valence-corrected chi connectivity index (χ2v) is 7.43. The molecule has 0 fully saturated rings. The molecule has 0 aliphatic rings. The summed E-state index contributed by atoms with van der Waals surface area (Å²) in [6.07, 6.45) is 0. The zero-order chi connectivity index (χ0) is 19.8. The molecule has 2 rings (SSSR count). The second kappa shape index (κ2) is 10.0. The fourth-order valence-corrected chi connectivity index (χ4v) is 3.34. The SMILES string of the molecule is COc1ccc(C)cc1[C@H](C)NC(=O)CSCC(=O)Nc1cccc(C)c1. The number of benzene rings is 2. The minimum Gasteiger partial charge on any atom is -0.496 e. The van der Waals surface area contributed by atoms with Crippen molar-refractivity contribution in [2.45, 2.75) is 26.8 Å². The molecule has 0 aromatic heterocycles. The Morgan fingerprint density at radius 3 is 2.44 bits per heavy atom. The lowest BCUT2D eigenvalue weighted by atomic mass is 10.0. The van der Waals surface area contributed by atoms with E-state index in [2.05, 4.69) is 10.6 Å². The van der Waals surface area contributed by atoms with E-state index in [1.165, 1.54) is 11.8 Å². The van der Waals surface area contributed by atoms with Crippen LogP contribution in [0.2, 0.25) is 0 Å². The molecule has 2 aromatic rings. The number of anilines is 1. The van der Waals surface area contributed by atoms with Crippen molar-refractivity contribution >= 4 is 29.3 Å². The first-order valence-corrected chi connectivity index (χ1v) is 9.92. The first-order chi connectivity index (χ1) is 12.9. The highest BCUT2D eigenvalue weighted by Gasteiger charge is 2.15. The predicted octanol–water partition coefficient (Wildman–Crippen LogP) is 3.86. The monoisotopic (exact) mass is 386 g/mol. The Hall–Kier alpha value is -2.47. The predicted molar refractivity (Wildman–Crippen MR) is 111 cm³/mol. The number of methoxy groups -OCH3 is 1. The molecule has 0 spiro atoms. The van der Waals surface area contributed by atoms with E-state index in [-0.39, 0.29) is 29.4 Å². The van der Waals surface area contributed by atoms with Crippen LogP contribution in [-0.2, 0) is 9.59 Å². The lowest BCUT2D eigenvalue weighted by Gasteiger charge is -2.18. The highest BCUT2D eigenvalue weighted by molar-refractivity contribution is 8.00. The number of nitrogens with one attached hydrogen (secondary N) is 2. The Bertz CT molecular complexity index is 808. The number of hydrogen-bond donors (Lipinski definition) is 2. The van der Waals surface area contributed by atoms with Crippen molar-refractivity contribution in [3.8, 4) is 5.75 Å². The van der Waals surface area contributed by atoms with Crippen molar-refractivity contribution in [1.29, 1.82) is 0 Å². The molecule has 0 heterocycles. The van der Waals surface area contributed by atoms with Crippen LogP contribution < -0.4 is 15.4 Å². The Labute approximate surface area is 164 Å². The molecule has 27 heavy (non-hydrogen) atoms. The molecule has 6 heteroatoms. The molecule has 0 radical (unpaired) electrons. The molecule has 5 nitrogen and oxygen atoms in total. The molecule has 0 aliphatic heterocycles. The number of amides is 2. The third kappa shape index (κ3) is 6.64. The van der Waals surface area contributed by atoms with Crippen molar-refractivity contribution in [3.63, 3.8) is 0 Å². The smallest absolute Gasteiger partial charge is 0.234 e. The topological polar surface area (TPSA) is 67.4 Å². The zero-order valence-electron chi connectivity index (χ0n) is 16.2. The van der Waals surface area contributed by atoms with Gasteiger partial charge in [0.05, 0.1) is 24.7 Å². The van der Waals surface area contributed by atoms with E-state index in [1.807, 2.05) is 63.2 Å². The normalized spacial score (nSPS) is 11.6. The molecular formula is C21H26N2O3S. The second-order valence-electron chi connectivity index (χ2n) is 6.45. The molecule has 0 saturated carbocycles. The summed E-state index contributed by atoms with van der Waals surface area (Å²) in [5.41, 5.74) is 3.90. The van der Waals surface area contributed by atoms with E-state index in [1.54, 1.807) is 7.11 Å². The van der Waals surface area contributed by atoms with Crippen LogP contribution in [0.1, 0.15) is 29.7 Å². The van der Waals surface area contributed by atoms with Gasteiger partial charge in [0.25, 0.3) is 0 Å². The summed E-state index contributed by atoms with van der Waals surface area (Å²) in [4.78, 5) is 24.2. The molecule has 0 bridgehead atoms. The molecule has 0 unspecified atom stereocenters. The van der Waals surface area contributed by atoms with Gasteiger partial charge in [-0.1, -0.05) is 29.8 Å². The van der Waals surface area contributed by atoms with E-state index in [4.69, 9.17) is 4.74 Å². The number of aryl methyl sites for hydroxylation is 2. The highest BCUT2D eigenvalue weighted by atomic mass is 32.2. The highest BCUT2D eigenvalue weighted by Crippen LogP contribution is 2.26. The maximum Gasteiger partial charge on any atom is 0.234 e. The molecule has 2 aromatic carbocycles. The van der Waals surface area contributed by atoms with Gasteiger partial charge in [0.2, 0.25) is 11.8 Å². The first kappa shape index (κ1) is 20.8. The first-order valence-electron chi connectivity index (χ1n) is 8.77. The Morgan fingerprint density at radius 2 is 1.74 bits per heavy atom. The Balaban J connectivity index is 1.79. The molecule has 144 valence electrons. The summed E-state index contributed by atoms with van der Waals surface area (Å²) in [5.74, 6) is 0.966. The van der Waals surface area contributed by atoms with Crippen molar-refractivity contribution in [3.05, 3.63) is 59.2 Å². The summed E-state index contributed by atoms with van der Waals surface area (Å²) in [5, 5.41) is 5.79. The van der Waals surface area contributed by atoms with Gasteiger partial charge in [-0.15, -0.1) is 11.8 Å². The lowest BCUT2D eigenvalue weighted by Crippen LogP contribution is -2.29. The summed E-state index contributed by atoms with van der Waals surface area (Å²) in [7, 11) is 1.62. The fourth-order valence-electron chi connectivity index (χ4n) is 2.71. The van der Waals surface area contributed by atoms with E-state index in [0.29, 0.717) is 0 Å². The van der Waals surface area contributed by atoms with Gasteiger partial charge in [-0.25, -0.2) is 0 Å². The number of rotatable bonds is 8. The molecule has 1 atom stereocenters. The zero-order valence-corrected chi connectivity index (χ0v) is 17.0. The van der Waals surface area contributed by atoms with Crippen molar-refractivity contribution in [1.82, 2.24) is 5.32 Å². The molecule has 2 N–H and O–H groups in total. The maximum atomic E-state index is 12.2. The summed E-state index contributed by atoms with van der Waals surface area (Å²) >= 11 is 1.29. The summed E-state index contributed by atoms with van der Waals surface area (Å²) in [6.45, 7) is 5.89. The van der Waals surface area contributed by atoms with Gasteiger partial charge in [-0.3, -0.25) is 9.59 Å². The van der Waals surface area contributed by atoms with Crippen molar-refractivity contribution in [2.75, 3.05) is 23.9 Å². The molecule has 0 saturated heterocycles. The van der Waals surface area contributed by atoms with Crippen LogP contribution in [0, 0.1) is 13.8 Å². The van der Waals surface area contributed by atoms with Crippen molar-refractivity contribution in [2.24, 2.45) is 0 Å². The third-order valence-corrected chi connectivity index (χ3v) is 4.93. The van der Waals surface area contributed by atoms with Crippen LogP contribution in [0.3, 0.4) is 0 Å². The number of carbonyl (C=O) groups is 2. The summed E-state index contributed by atoms with van der Waals surface area (Å²) in [6, 6.07) is 13.3. The van der Waals surface area contributed by atoms with Crippen LogP contribution in [0.4, 0.5) is 5.69 Å². The van der Waals surface area contributed by atoms with Crippen LogP contribution in [0.25, 0.3) is 0 Å². The third-order valence-electron chi connectivity index (χ3n) is 4.00. The quantitative estimate of drug-likeness (QED) is 0.723. The average Bonchev–Trinajstić information content (AvgIpc) is 2.61. The van der Waals surface area contributed by atoms with Crippen LogP contribution in [0.5, 0.6) is 5.75 Å². The van der Waals surface area contributed by atoms with Gasteiger partial charge in [0.15, 0.2) is 0 Å². The van der Waals surface area contributed by atoms with Gasteiger partial charge in [0.1, 0.15) is 5.75 Å². The van der Waals surface area contributed by atoms with Crippen molar-refractivity contribution < 1.29 is 14.3 Å². The van der Waals surface area contributed by atoms with E-state index < -0.39 is 0 Å². The number of carbonyl (C=O) groups excluding carboxylic acids is 2. The van der Waals surface area contributed by atoms with Gasteiger partial charge >= 0.3 is 0 Å². The van der Waals surface area contributed by atoms with Crippen LogP contribution in [-0.4, -0.2) is 30.4 Å². The number of hydrogen-bond acceptors (Lipinski definition) is 4.